The lowest BCUT2D eigenvalue weighted by Gasteiger charge is -2.22. The van der Waals surface area contributed by atoms with Crippen LogP contribution in [0.3, 0.4) is 0 Å². The van der Waals surface area contributed by atoms with E-state index >= 15 is 0 Å². The summed E-state index contributed by atoms with van der Waals surface area (Å²) in [6.45, 7) is -0.388. The number of nitrogens with zero attached hydrogens (tertiary/aromatic N) is 1. The van der Waals surface area contributed by atoms with Crippen LogP contribution >= 0.6 is 11.3 Å². The molecule has 1 saturated heterocycles. The highest BCUT2D eigenvalue weighted by molar-refractivity contribution is 7.91. The minimum Gasteiger partial charge on any atom is -0.452 e. The van der Waals surface area contributed by atoms with Gasteiger partial charge in [-0.1, -0.05) is 6.07 Å². The maximum Gasteiger partial charge on any atom is 0.331 e. The van der Waals surface area contributed by atoms with Crippen molar-refractivity contribution in [2.24, 2.45) is 0 Å². The molecule has 120 valence electrons. The molecular weight excluding hydrogens is 326 g/mol. The van der Waals surface area contributed by atoms with Gasteiger partial charge in [-0.15, -0.1) is 11.3 Å². The number of ether oxygens (including phenoxy) is 1. The molecule has 0 bridgehead atoms. The predicted octanol–water partition coefficient (Wildman–Crippen LogP) is 0.950. The number of esters is 1. The lowest BCUT2D eigenvalue weighted by molar-refractivity contribution is -0.148. The van der Waals surface area contributed by atoms with Crippen molar-refractivity contribution in [3.05, 3.63) is 28.5 Å². The van der Waals surface area contributed by atoms with E-state index in [0.717, 1.165) is 4.88 Å². The Hall–Kier alpha value is -1.67. The molecule has 1 aliphatic rings. The molecular formula is C14H17NO5S2. The average molecular weight is 343 g/mol. The third kappa shape index (κ3) is 4.67. The second-order valence-electron chi connectivity index (χ2n) is 5.02. The third-order valence-electron chi connectivity index (χ3n) is 3.41. The molecule has 1 aromatic heterocycles. The van der Waals surface area contributed by atoms with Crippen LogP contribution in [0.25, 0.3) is 6.08 Å². The summed E-state index contributed by atoms with van der Waals surface area (Å²) in [5.41, 5.74) is 0. The van der Waals surface area contributed by atoms with Crippen molar-refractivity contribution in [3.63, 3.8) is 0 Å². The molecule has 22 heavy (non-hydrogen) atoms. The van der Waals surface area contributed by atoms with E-state index in [-0.39, 0.29) is 24.2 Å². The Balaban J connectivity index is 1.78. The fourth-order valence-corrected chi connectivity index (χ4v) is 4.50. The summed E-state index contributed by atoms with van der Waals surface area (Å²) in [6.07, 6.45) is 3.31. The summed E-state index contributed by atoms with van der Waals surface area (Å²) < 4.78 is 27.7. The fourth-order valence-electron chi connectivity index (χ4n) is 2.10. The number of hydrogen-bond donors (Lipinski definition) is 0. The lowest BCUT2D eigenvalue weighted by Crippen LogP contribution is -2.40. The first-order valence-electron chi connectivity index (χ1n) is 6.72. The van der Waals surface area contributed by atoms with Gasteiger partial charge in [0.05, 0.1) is 11.5 Å². The van der Waals surface area contributed by atoms with Crippen LogP contribution in [0.15, 0.2) is 23.6 Å². The smallest absolute Gasteiger partial charge is 0.331 e. The Morgan fingerprint density at radius 2 is 2.27 bits per heavy atom. The summed E-state index contributed by atoms with van der Waals surface area (Å²) in [5.74, 6) is -0.936. The molecule has 2 rings (SSSR count). The molecule has 0 spiro atoms. The van der Waals surface area contributed by atoms with E-state index < -0.39 is 21.7 Å². The van der Waals surface area contributed by atoms with Crippen molar-refractivity contribution in [1.82, 2.24) is 4.90 Å². The van der Waals surface area contributed by atoms with Crippen molar-refractivity contribution in [1.29, 1.82) is 0 Å². The maximum atomic E-state index is 11.9. The topological polar surface area (TPSA) is 80.8 Å². The van der Waals surface area contributed by atoms with Gasteiger partial charge in [0, 0.05) is 24.0 Å². The molecule has 0 saturated carbocycles. The molecule has 6 nitrogen and oxygen atoms in total. The minimum atomic E-state index is -3.05. The highest BCUT2D eigenvalue weighted by Gasteiger charge is 2.32. The Labute approximate surface area is 133 Å². The first kappa shape index (κ1) is 16.7. The van der Waals surface area contributed by atoms with Crippen LogP contribution in [-0.2, 0) is 24.2 Å². The maximum absolute atomic E-state index is 11.9. The summed E-state index contributed by atoms with van der Waals surface area (Å²) in [6, 6.07) is 3.38. The summed E-state index contributed by atoms with van der Waals surface area (Å²) in [7, 11) is -1.52. The highest BCUT2D eigenvalue weighted by atomic mass is 32.2. The summed E-state index contributed by atoms with van der Waals surface area (Å²) in [5, 5.41) is 1.89. The van der Waals surface area contributed by atoms with Gasteiger partial charge in [0.15, 0.2) is 16.4 Å². The van der Waals surface area contributed by atoms with Gasteiger partial charge in [0.2, 0.25) is 0 Å². The summed E-state index contributed by atoms with van der Waals surface area (Å²) in [4.78, 5) is 25.7. The third-order valence-corrected chi connectivity index (χ3v) is 6.00. The zero-order valence-corrected chi connectivity index (χ0v) is 13.7. The van der Waals surface area contributed by atoms with E-state index in [2.05, 4.69) is 0 Å². The molecule has 1 atom stereocenters. The van der Waals surface area contributed by atoms with Crippen LogP contribution in [0.4, 0.5) is 0 Å². The SMILES string of the molecule is CN(C(=O)COC(=O)/C=C/c1cccs1)[C@H]1CCS(=O)(=O)C1. The van der Waals surface area contributed by atoms with Crippen LogP contribution < -0.4 is 0 Å². The largest absolute Gasteiger partial charge is 0.452 e. The molecule has 1 aromatic rings. The van der Waals surface area contributed by atoms with Crippen LogP contribution in [-0.4, -0.2) is 56.4 Å². The van der Waals surface area contributed by atoms with E-state index in [9.17, 15) is 18.0 Å². The van der Waals surface area contributed by atoms with E-state index in [1.54, 1.807) is 6.08 Å². The Kier molecular flexibility index (Phi) is 5.36. The van der Waals surface area contributed by atoms with Gasteiger partial charge in [-0.25, -0.2) is 13.2 Å². The van der Waals surface area contributed by atoms with Crippen LogP contribution in [0.2, 0.25) is 0 Å². The second-order valence-corrected chi connectivity index (χ2v) is 8.23. The van der Waals surface area contributed by atoms with Crippen molar-refractivity contribution in [3.8, 4) is 0 Å². The molecule has 8 heteroatoms. The van der Waals surface area contributed by atoms with Crippen molar-refractivity contribution in [2.75, 3.05) is 25.2 Å². The standard InChI is InChI=1S/C14H17NO5S2/c1-15(11-6-8-22(18,19)10-11)13(16)9-20-14(17)5-4-12-3-2-7-21-12/h2-5,7,11H,6,8-10H2,1H3/b5-4+/t11-/m0/s1. The Morgan fingerprint density at radius 3 is 2.86 bits per heavy atom. The van der Waals surface area contributed by atoms with Gasteiger partial charge in [-0.05, 0) is 23.9 Å². The number of sulfone groups is 1. The van der Waals surface area contributed by atoms with Crippen LogP contribution in [0, 0.1) is 0 Å². The molecule has 1 fully saturated rings. The average Bonchev–Trinajstić information content (AvgIpc) is 3.10. The molecule has 1 amide bonds. The van der Waals surface area contributed by atoms with Gasteiger partial charge in [-0.3, -0.25) is 4.79 Å². The number of likely N-dealkylation sites (N-methyl/N-ethyl adjacent to an activating group) is 1. The normalized spacial score (nSPS) is 20.1. The monoisotopic (exact) mass is 343 g/mol. The first-order valence-corrected chi connectivity index (χ1v) is 9.42. The first-order chi connectivity index (χ1) is 10.4. The molecule has 0 N–H and O–H groups in total. The molecule has 0 unspecified atom stereocenters. The highest BCUT2D eigenvalue weighted by Crippen LogP contribution is 2.16. The van der Waals surface area contributed by atoms with Crippen molar-refractivity contribution >= 4 is 39.1 Å². The van der Waals surface area contributed by atoms with Crippen molar-refractivity contribution < 1.29 is 22.7 Å². The summed E-state index contributed by atoms with van der Waals surface area (Å²) >= 11 is 1.48. The van der Waals surface area contributed by atoms with Gasteiger partial charge in [0.1, 0.15) is 0 Å². The van der Waals surface area contributed by atoms with Gasteiger partial charge < -0.3 is 9.64 Å². The molecule has 0 radical (unpaired) electrons. The van der Waals surface area contributed by atoms with E-state index in [1.807, 2.05) is 17.5 Å². The minimum absolute atomic E-state index is 0.0263. The lowest BCUT2D eigenvalue weighted by atomic mass is 10.2. The molecule has 0 aromatic carbocycles. The van der Waals surface area contributed by atoms with E-state index in [0.29, 0.717) is 6.42 Å². The molecule has 1 aliphatic heterocycles. The van der Waals surface area contributed by atoms with Gasteiger partial charge in [0.25, 0.3) is 5.91 Å². The molecule has 2 heterocycles. The molecule has 0 aliphatic carbocycles. The van der Waals surface area contributed by atoms with Crippen LogP contribution in [0.5, 0.6) is 0 Å². The van der Waals surface area contributed by atoms with Gasteiger partial charge >= 0.3 is 5.97 Å². The number of carbonyl (C=O) groups excluding carboxylic acids is 2. The Morgan fingerprint density at radius 1 is 1.50 bits per heavy atom. The van der Waals surface area contributed by atoms with Crippen LogP contribution in [0.1, 0.15) is 11.3 Å². The second kappa shape index (κ2) is 7.06. The van der Waals surface area contributed by atoms with E-state index in [1.165, 1.54) is 29.4 Å². The number of rotatable bonds is 5. The van der Waals surface area contributed by atoms with Gasteiger partial charge in [-0.2, -0.15) is 0 Å². The van der Waals surface area contributed by atoms with Crippen molar-refractivity contribution in [2.45, 2.75) is 12.5 Å². The fraction of sp³-hybridized carbons (Fsp3) is 0.429. The predicted molar refractivity (Wildman–Crippen MR) is 84.1 cm³/mol. The van der Waals surface area contributed by atoms with E-state index in [4.69, 9.17) is 4.74 Å². The quantitative estimate of drug-likeness (QED) is 0.587. The number of thiophene rings is 1. The number of amides is 1. The Bertz CT molecular complexity index is 663. The zero-order chi connectivity index (χ0) is 16.2. The number of hydrogen-bond acceptors (Lipinski definition) is 6. The number of carbonyl (C=O) groups is 2. The zero-order valence-electron chi connectivity index (χ0n) is 12.1.